The minimum atomic E-state index is -0.487. The van der Waals surface area contributed by atoms with Gasteiger partial charge >= 0.3 is 0 Å². The first-order valence-corrected chi connectivity index (χ1v) is 5.26. The van der Waals surface area contributed by atoms with E-state index in [9.17, 15) is 9.59 Å². The normalized spacial score (nSPS) is 20.2. The smallest absolute Gasteiger partial charge is 0.256 e. The molecule has 1 aliphatic rings. The van der Waals surface area contributed by atoms with Crippen LogP contribution in [0.15, 0.2) is 18.2 Å². The molecule has 16 heavy (non-hydrogen) atoms. The van der Waals surface area contributed by atoms with Gasteiger partial charge in [0.05, 0.1) is 11.3 Å². The Kier molecular flexibility index (Phi) is 2.59. The molecule has 1 aliphatic heterocycles. The van der Waals surface area contributed by atoms with Gasteiger partial charge in [-0.05, 0) is 25.1 Å². The number of anilines is 1. The summed E-state index contributed by atoms with van der Waals surface area (Å²) in [5.41, 5.74) is 0.934. The second-order valence-corrected chi connectivity index (χ2v) is 4.21. The van der Waals surface area contributed by atoms with Crippen molar-refractivity contribution in [2.45, 2.75) is 13.0 Å². The highest BCUT2D eigenvalue weighted by Gasteiger charge is 2.29. The standard InChI is InChI=1S/C11H11ClN2O2/c1-6-10(15)13-9-5-7(12)3-4-8(9)11(16)14(6)2/h3-6H,1-2H3,(H,13,15)/t6-/m0/s1. The first-order chi connectivity index (χ1) is 7.50. The van der Waals surface area contributed by atoms with Gasteiger partial charge in [-0.3, -0.25) is 9.59 Å². The maximum Gasteiger partial charge on any atom is 0.256 e. The SMILES string of the molecule is C[C@H]1C(=O)Nc2cc(Cl)ccc2C(=O)N1C. The van der Waals surface area contributed by atoms with Gasteiger partial charge in [0.2, 0.25) is 5.91 Å². The van der Waals surface area contributed by atoms with E-state index in [2.05, 4.69) is 5.32 Å². The number of nitrogens with zero attached hydrogens (tertiary/aromatic N) is 1. The van der Waals surface area contributed by atoms with Crippen molar-refractivity contribution in [1.82, 2.24) is 4.90 Å². The predicted octanol–water partition coefficient (Wildman–Crippen LogP) is 1.75. The van der Waals surface area contributed by atoms with E-state index in [1.165, 1.54) is 4.90 Å². The van der Waals surface area contributed by atoms with E-state index < -0.39 is 6.04 Å². The van der Waals surface area contributed by atoms with Crippen molar-refractivity contribution in [3.63, 3.8) is 0 Å². The third kappa shape index (κ3) is 1.65. The van der Waals surface area contributed by atoms with Crippen LogP contribution in [0.2, 0.25) is 5.02 Å². The number of amides is 2. The molecule has 0 fully saturated rings. The fourth-order valence-corrected chi connectivity index (χ4v) is 1.76. The van der Waals surface area contributed by atoms with Crippen LogP contribution in [0.5, 0.6) is 0 Å². The van der Waals surface area contributed by atoms with Crippen LogP contribution >= 0.6 is 11.6 Å². The van der Waals surface area contributed by atoms with Crippen molar-refractivity contribution in [3.05, 3.63) is 28.8 Å². The number of halogens is 1. The Bertz CT molecular complexity index is 473. The van der Waals surface area contributed by atoms with E-state index >= 15 is 0 Å². The van der Waals surface area contributed by atoms with Crippen LogP contribution in [0, 0.1) is 0 Å². The molecule has 1 aromatic carbocycles. The van der Waals surface area contributed by atoms with Crippen LogP contribution in [0.1, 0.15) is 17.3 Å². The van der Waals surface area contributed by atoms with Gasteiger partial charge in [-0.2, -0.15) is 0 Å². The highest BCUT2D eigenvalue weighted by molar-refractivity contribution is 6.31. The molecule has 1 atom stereocenters. The largest absolute Gasteiger partial charge is 0.330 e. The molecule has 1 aromatic rings. The fourth-order valence-electron chi connectivity index (χ4n) is 1.59. The summed E-state index contributed by atoms with van der Waals surface area (Å²) in [5, 5.41) is 3.18. The van der Waals surface area contributed by atoms with E-state index in [4.69, 9.17) is 11.6 Å². The van der Waals surface area contributed by atoms with Gasteiger partial charge in [-0.25, -0.2) is 0 Å². The summed E-state index contributed by atoms with van der Waals surface area (Å²) in [6.07, 6.45) is 0. The molecule has 5 heteroatoms. The van der Waals surface area contributed by atoms with Crippen LogP contribution in [-0.4, -0.2) is 29.8 Å². The number of fused-ring (bicyclic) bond motifs is 1. The average molecular weight is 239 g/mol. The number of benzene rings is 1. The van der Waals surface area contributed by atoms with Crippen LogP contribution in [-0.2, 0) is 4.79 Å². The van der Waals surface area contributed by atoms with Crippen molar-refractivity contribution in [1.29, 1.82) is 0 Å². The van der Waals surface area contributed by atoms with Gasteiger partial charge in [0, 0.05) is 12.1 Å². The Labute approximate surface area is 98.2 Å². The number of nitrogens with one attached hydrogen (secondary N) is 1. The zero-order valence-electron chi connectivity index (χ0n) is 8.95. The van der Waals surface area contributed by atoms with Crippen molar-refractivity contribution in [2.24, 2.45) is 0 Å². The minimum Gasteiger partial charge on any atom is -0.330 e. The Morgan fingerprint density at radius 2 is 2.06 bits per heavy atom. The summed E-state index contributed by atoms with van der Waals surface area (Å²) in [7, 11) is 1.61. The summed E-state index contributed by atoms with van der Waals surface area (Å²) in [6, 6.07) is 4.35. The van der Waals surface area contributed by atoms with E-state index in [0.717, 1.165) is 0 Å². The molecule has 84 valence electrons. The maximum absolute atomic E-state index is 12.0. The van der Waals surface area contributed by atoms with Gasteiger partial charge in [-0.15, -0.1) is 0 Å². The summed E-state index contributed by atoms with van der Waals surface area (Å²) in [5.74, 6) is -0.394. The number of carbonyl (C=O) groups is 2. The van der Waals surface area contributed by atoms with Gasteiger partial charge in [-0.1, -0.05) is 11.6 Å². The van der Waals surface area contributed by atoms with E-state index in [-0.39, 0.29) is 11.8 Å². The molecule has 0 unspecified atom stereocenters. The molecule has 2 amide bonds. The van der Waals surface area contributed by atoms with E-state index in [1.807, 2.05) is 0 Å². The van der Waals surface area contributed by atoms with Crippen molar-refractivity contribution < 1.29 is 9.59 Å². The van der Waals surface area contributed by atoms with Crippen LogP contribution in [0.4, 0.5) is 5.69 Å². The lowest BCUT2D eigenvalue weighted by Gasteiger charge is -2.19. The van der Waals surface area contributed by atoms with Crippen molar-refractivity contribution in [2.75, 3.05) is 12.4 Å². The third-order valence-corrected chi connectivity index (χ3v) is 2.99. The summed E-state index contributed by atoms with van der Waals surface area (Å²) >= 11 is 5.82. The summed E-state index contributed by atoms with van der Waals surface area (Å²) in [6.45, 7) is 1.68. The molecule has 0 bridgehead atoms. The summed E-state index contributed by atoms with van der Waals surface area (Å²) < 4.78 is 0. The highest BCUT2D eigenvalue weighted by atomic mass is 35.5. The second-order valence-electron chi connectivity index (χ2n) is 3.77. The van der Waals surface area contributed by atoms with Gasteiger partial charge in [0.1, 0.15) is 6.04 Å². The molecule has 0 radical (unpaired) electrons. The molecule has 1 heterocycles. The van der Waals surface area contributed by atoms with Gasteiger partial charge in [0.25, 0.3) is 5.91 Å². The molecule has 0 aromatic heterocycles. The zero-order chi connectivity index (χ0) is 11.9. The van der Waals surface area contributed by atoms with Crippen LogP contribution < -0.4 is 5.32 Å². The van der Waals surface area contributed by atoms with Crippen LogP contribution in [0.25, 0.3) is 0 Å². The number of hydrogen-bond donors (Lipinski definition) is 1. The first kappa shape index (κ1) is 11.0. The van der Waals surface area contributed by atoms with E-state index in [0.29, 0.717) is 16.3 Å². The van der Waals surface area contributed by atoms with Gasteiger partial charge < -0.3 is 10.2 Å². The number of hydrogen-bond acceptors (Lipinski definition) is 2. The molecule has 0 saturated heterocycles. The molecule has 0 aliphatic carbocycles. The summed E-state index contributed by atoms with van der Waals surface area (Å²) in [4.78, 5) is 25.1. The highest BCUT2D eigenvalue weighted by Crippen LogP contribution is 2.25. The minimum absolute atomic E-state index is 0.183. The zero-order valence-corrected chi connectivity index (χ0v) is 9.71. The van der Waals surface area contributed by atoms with Gasteiger partial charge in [0.15, 0.2) is 0 Å². The number of carbonyl (C=O) groups excluding carboxylic acids is 2. The molecule has 0 spiro atoms. The second kappa shape index (κ2) is 3.79. The van der Waals surface area contributed by atoms with Crippen molar-refractivity contribution >= 4 is 29.1 Å². The molecule has 1 N–H and O–H groups in total. The Balaban J connectivity index is 2.56. The quantitative estimate of drug-likeness (QED) is 0.749. The molecular weight excluding hydrogens is 228 g/mol. The number of rotatable bonds is 0. The maximum atomic E-state index is 12.0. The van der Waals surface area contributed by atoms with Crippen molar-refractivity contribution in [3.8, 4) is 0 Å². The third-order valence-electron chi connectivity index (χ3n) is 2.75. The number of likely N-dealkylation sites (N-methyl/N-ethyl adjacent to an activating group) is 1. The average Bonchev–Trinajstić information content (AvgIpc) is 2.32. The predicted molar refractivity (Wildman–Crippen MR) is 61.6 cm³/mol. The Morgan fingerprint density at radius 1 is 1.38 bits per heavy atom. The van der Waals surface area contributed by atoms with Crippen LogP contribution in [0.3, 0.4) is 0 Å². The monoisotopic (exact) mass is 238 g/mol. The fraction of sp³-hybridized carbons (Fsp3) is 0.273. The first-order valence-electron chi connectivity index (χ1n) is 4.88. The Hall–Kier alpha value is -1.55. The molecule has 2 rings (SSSR count). The molecule has 0 saturated carbocycles. The Morgan fingerprint density at radius 3 is 2.75 bits per heavy atom. The molecule has 4 nitrogen and oxygen atoms in total. The van der Waals surface area contributed by atoms with E-state index in [1.54, 1.807) is 32.2 Å². The topological polar surface area (TPSA) is 49.4 Å². The lowest BCUT2D eigenvalue weighted by molar-refractivity contribution is -0.119. The lowest BCUT2D eigenvalue weighted by atomic mass is 10.1. The molecular formula is C11H11ClN2O2. The lowest BCUT2D eigenvalue weighted by Crippen LogP contribution is -2.40.